The maximum Gasteiger partial charge on any atom is 0.242 e. The standard InChI is InChI=1S/C16H22N4O3/c1-11-6-14(23-18-11)7-13-8-20(9-15(13)22-3)16(21)10-19-5-4-17-12(19)2/h4-6,13,15H,7-10H2,1-3H3/t13-,15+/m1/s1. The number of methoxy groups -OCH3 is 1. The number of ether oxygens (including phenoxy) is 1. The fourth-order valence-electron chi connectivity index (χ4n) is 3.10. The molecular formula is C16H22N4O3. The van der Waals surface area contributed by atoms with Crippen LogP contribution in [0.1, 0.15) is 17.3 Å². The highest BCUT2D eigenvalue weighted by Gasteiger charge is 2.36. The van der Waals surface area contributed by atoms with Crippen molar-refractivity contribution in [2.75, 3.05) is 20.2 Å². The second-order valence-corrected chi connectivity index (χ2v) is 6.07. The Morgan fingerprint density at radius 1 is 1.43 bits per heavy atom. The largest absolute Gasteiger partial charge is 0.379 e. The van der Waals surface area contributed by atoms with Gasteiger partial charge in [0.05, 0.1) is 11.8 Å². The van der Waals surface area contributed by atoms with Gasteiger partial charge in [-0.1, -0.05) is 5.16 Å². The summed E-state index contributed by atoms with van der Waals surface area (Å²) in [5.74, 6) is 1.99. The minimum atomic E-state index is 0.0215. The highest BCUT2D eigenvalue weighted by atomic mass is 16.5. The zero-order valence-corrected chi connectivity index (χ0v) is 13.7. The number of aryl methyl sites for hydroxylation is 2. The zero-order chi connectivity index (χ0) is 16.4. The summed E-state index contributed by atoms with van der Waals surface area (Å²) in [4.78, 5) is 18.5. The first-order valence-electron chi connectivity index (χ1n) is 7.77. The van der Waals surface area contributed by atoms with E-state index in [1.807, 2.05) is 35.6 Å². The van der Waals surface area contributed by atoms with Crippen LogP contribution in [0.2, 0.25) is 0 Å². The van der Waals surface area contributed by atoms with Crippen molar-refractivity contribution < 1.29 is 14.1 Å². The first kappa shape index (κ1) is 15.7. The molecule has 2 atom stereocenters. The Hall–Kier alpha value is -2.15. The molecule has 0 radical (unpaired) electrons. The summed E-state index contributed by atoms with van der Waals surface area (Å²) in [5, 5.41) is 3.92. The molecule has 3 rings (SSSR count). The third kappa shape index (κ3) is 3.44. The number of imidazole rings is 1. The second-order valence-electron chi connectivity index (χ2n) is 6.07. The molecule has 1 saturated heterocycles. The number of amides is 1. The lowest BCUT2D eigenvalue weighted by molar-refractivity contribution is -0.131. The quantitative estimate of drug-likeness (QED) is 0.828. The van der Waals surface area contributed by atoms with Gasteiger partial charge in [0, 0.05) is 51.0 Å². The van der Waals surface area contributed by atoms with Crippen LogP contribution in [0.15, 0.2) is 23.0 Å². The van der Waals surface area contributed by atoms with E-state index in [4.69, 9.17) is 9.26 Å². The third-order valence-corrected chi connectivity index (χ3v) is 4.41. The van der Waals surface area contributed by atoms with Crippen LogP contribution < -0.4 is 0 Å². The number of hydrogen-bond acceptors (Lipinski definition) is 5. The molecule has 0 unspecified atom stereocenters. The van der Waals surface area contributed by atoms with E-state index in [2.05, 4.69) is 10.1 Å². The summed E-state index contributed by atoms with van der Waals surface area (Å²) in [6.07, 6.45) is 4.28. The number of carbonyl (C=O) groups is 1. The average Bonchev–Trinajstić information content (AvgIpc) is 3.22. The summed E-state index contributed by atoms with van der Waals surface area (Å²) in [6.45, 7) is 5.39. The van der Waals surface area contributed by atoms with Gasteiger partial charge in [0.15, 0.2) is 0 Å². The highest BCUT2D eigenvalue weighted by molar-refractivity contribution is 5.76. The van der Waals surface area contributed by atoms with Gasteiger partial charge in [0.2, 0.25) is 5.91 Å². The molecule has 0 aliphatic carbocycles. The summed E-state index contributed by atoms with van der Waals surface area (Å²) in [5.41, 5.74) is 0.871. The Balaban J connectivity index is 1.63. The van der Waals surface area contributed by atoms with Gasteiger partial charge < -0.3 is 18.7 Å². The Kier molecular flexibility index (Phi) is 4.47. The number of aromatic nitrogens is 3. The lowest BCUT2D eigenvalue weighted by atomic mass is 10.0. The molecule has 0 N–H and O–H groups in total. The molecule has 7 heteroatoms. The van der Waals surface area contributed by atoms with Gasteiger partial charge in [-0.25, -0.2) is 4.98 Å². The van der Waals surface area contributed by atoms with Crippen molar-refractivity contribution in [3.8, 4) is 0 Å². The molecule has 1 aliphatic rings. The second kappa shape index (κ2) is 6.54. The van der Waals surface area contributed by atoms with E-state index in [1.165, 1.54) is 0 Å². The van der Waals surface area contributed by atoms with Gasteiger partial charge in [-0.05, 0) is 13.8 Å². The van der Waals surface area contributed by atoms with E-state index >= 15 is 0 Å². The number of rotatable bonds is 5. The van der Waals surface area contributed by atoms with Crippen LogP contribution in [-0.2, 0) is 22.5 Å². The smallest absolute Gasteiger partial charge is 0.242 e. The predicted molar refractivity (Wildman–Crippen MR) is 82.8 cm³/mol. The molecule has 2 aromatic heterocycles. The normalized spacial score (nSPS) is 21.1. The van der Waals surface area contributed by atoms with Crippen LogP contribution in [0.3, 0.4) is 0 Å². The molecule has 3 heterocycles. The number of nitrogens with zero attached hydrogens (tertiary/aromatic N) is 4. The van der Waals surface area contributed by atoms with Crippen LogP contribution in [-0.4, -0.2) is 51.8 Å². The maximum absolute atomic E-state index is 12.5. The van der Waals surface area contributed by atoms with E-state index in [1.54, 1.807) is 13.3 Å². The van der Waals surface area contributed by atoms with Crippen LogP contribution in [0, 0.1) is 19.8 Å². The molecule has 23 heavy (non-hydrogen) atoms. The van der Waals surface area contributed by atoms with Crippen molar-refractivity contribution >= 4 is 5.91 Å². The average molecular weight is 318 g/mol. The Morgan fingerprint density at radius 3 is 2.87 bits per heavy atom. The first-order valence-corrected chi connectivity index (χ1v) is 7.77. The number of hydrogen-bond donors (Lipinski definition) is 0. The minimum absolute atomic E-state index is 0.0215. The van der Waals surface area contributed by atoms with Crippen molar-refractivity contribution in [3.63, 3.8) is 0 Å². The fourth-order valence-corrected chi connectivity index (χ4v) is 3.10. The molecule has 1 aliphatic heterocycles. The van der Waals surface area contributed by atoms with E-state index in [9.17, 15) is 4.79 Å². The molecule has 0 bridgehead atoms. The third-order valence-electron chi connectivity index (χ3n) is 4.41. The lowest BCUT2D eigenvalue weighted by Gasteiger charge is -2.16. The molecule has 0 spiro atoms. The summed E-state index contributed by atoms with van der Waals surface area (Å²) >= 11 is 0. The molecule has 1 fully saturated rings. The van der Waals surface area contributed by atoms with Crippen LogP contribution >= 0.6 is 0 Å². The summed E-state index contributed by atoms with van der Waals surface area (Å²) < 4.78 is 12.7. The van der Waals surface area contributed by atoms with Crippen molar-refractivity contribution in [2.24, 2.45) is 5.92 Å². The molecule has 0 saturated carbocycles. The van der Waals surface area contributed by atoms with Gasteiger partial charge in [-0.2, -0.15) is 0 Å². The van der Waals surface area contributed by atoms with Crippen LogP contribution in [0.4, 0.5) is 0 Å². The molecule has 2 aromatic rings. The fraction of sp³-hybridized carbons (Fsp3) is 0.562. The zero-order valence-electron chi connectivity index (χ0n) is 13.7. The Bertz CT molecular complexity index is 678. The van der Waals surface area contributed by atoms with E-state index in [-0.39, 0.29) is 17.9 Å². The van der Waals surface area contributed by atoms with Gasteiger partial charge >= 0.3 is 0 Å². The molecule has 124 valence electrons. The monoisotopic (exact) mass is 318 g/mol. The highest BCUT2D eigenvalue weighted by Crippen LogP contribution is 2.24. The molecule has 1 amide bonds. The predicted octanol–water partition coefficient (Wildman–Crippen LogP) is 1.20. The summed E-state index contributed by atoms with van der Waals surface area (Å²) in [7, 11) is 1.69. The Labute approximate surface area is 135 Å². The SMILES string of the molecule is CO[C@H]1CN(C(=O)Cn2ccnc2C)C[C@H]1Cc1cc(C)no1. The van der Waals surface area contributed by atoms with Crippen molar-refractivity contribution in [2.45, 2.75) is 32.9 Å². The van der Waals surface area contributed by atoms with Gasteiger partial charge in [-0.15, -0.1) is 0 Å². The van der Waals surface area contributed by atoms with Gasteiger partial charge in [-0.3, -0.25) is 4.79 Å². The summed E-state index contributed by atoms with van der Waals surface area (Å²) in [6, 6.07) is 1.94. The van der Waals surface area contributed by atoms with E-state index in [0.717, 1.165) is 23.7 Å². The van der Waals surface area contributed by atoms with Crippen molar-refractivity contribution in [1.29, 1.82) is 0 Å². The minimum Gasteiger partial charge on any atom is -0.379 e. The van der Waals surface area contributed by atoms with Crippen molar-refractivity contribution in [1.82, 2.24) is 19.6 Å². The molecule has 0 aromatic carbocycles. The van der Waals surface area contributed by atoms with Crippen LogP contribution in [0.25, 0.3) is 0 Å². The number of carbonyl (C=O) groups excluding carboxylic acids is 1. The maximum atomic E-state index is 12.5. The lowest BCUT2D eigenvalue weighted by Crippen LogP contribution is -2.33. The van der Waals surface area contributed by atoms with Crippen molar-refractivity contribution in [3.05, 3.63) is 35.7 Å². The molecule has 7 nitrogen and oxygen atoms in total. The van der Waals surface area contributed by atoms with Crippen LogP contribution in [0.5, 0.6) is 0 Å². The Morgan fingerprint density at radius 2 is 2.26 bits per heavy atom. The van der Waals surface area contributed by atoms with E-state index < -0.39 is 0 Å². The van der Waals surface area contributed by atoms with Gasteiger partial charge in [0.1, 0.15) is 18.1 Å². The van der Waals surface area contributed by atoms with E-state index in [0.29, 0.717) is 19.6 Å². The molecular weight excluding hydrogens is 296 g/mol. The number of likely N-dealkylation sites (tertiary alicyclic amines) is 1. The topological polar surface area (TPSA) is 73.4 Å². The first-order chi connectivity index (χ1) is 11.1. The van der Waals surface area contributed by atoms with Gasteiger partial charge in [0.25, 0.3) is 0 Å².